The third kappa shape index (κ3) is 1.21. The Bertz CT molecular complexity index is 294. The van der Waals surface area contributed by atoms with Crippen LogP contribution in [0.3, 0.4) is 0 Å². The lowest BCUT2D eigenvalue weighted by molar-refractivity contribution is 1.03. The van der Waals surface area contributed by atoms with Crippen LogP contribution in [0.5, 0.6) is 0 Å². The quantitative estimate of drug-likeness (QED) is 0.639. The molecule has 0 saturated heterocycles. The van der Waals surface area contributed by atoms with Crippen LogP contribution in [-0.4, -0.2) is 0 Å². The van der Waals surface area contributed by atoms with E-state index in [4.69, 9.17) is 11.6 Å². The molecular formula is C9H7BrCl. The van der Waals surface area contributed by atoms with Gasteiger partial charge in [-0.2, -0.15) is 0 Å². The number of halogens is 2. The van der Waals surface area contributed by atoms with E-state index in [1.165, 1.54) is 11.1 Å². The highest BCUT2D eigenvalue weighted by molar-refractivity contribution is 9.10. The summed E-state index contributed by atoms with van der Waals surface area (Å²) in [4.78, 5) is 0. The Labute approximate surface area is 79.7 Å². The molecule has 57 valence electrons. The van der Waals surface area contributed by atoms with E-state index in [1.54, 1.807) is 0 Å². The standard InChI is InChI=1S/C9H7BrCl/c10-8-5-4-6-2-1-3-7(6)9(8)11/h2,4-5H,1,3H2. The number of hydrogen-bond donors (Lipinski definition) is 0. The molecule has 11 heavy (non-hydrogen) atoms. The van der Waals surface area contributed by atoms with Crippen molar-refractivity contribution in [3.8, 4) is 0 Å². The molecule has 0 aliphatic heterocycles. The summed E-state index contributed by atoms with van der Waals surface area (Å²) >= 11 is 9.47. The molecule has 0 amide bonds. The fourth-order valence-corrected chi connectivity index (χ4v) is 2.06. The summed E-state index contributed by atoms with van der Waals surface area (Å²) < 4.78 is 1.01. The number of fused-ring (bicyclic) bond motifs is 1. The van der Waals surface area contributed by atoms with Crippen molar-refractivity contribution in [1.29, 1.82) is 0 Å². The van der Waals surface area contributed by atoms with Crippen LogP contribution in [0.15, 0.2) is 16.6 Å². The number of rotatable bonds is 0. The minimum absolute atomic E-state index is 0.885. The van der Waals surface area contributed by atoms with Crippen molar-refractivity contribution in [2.45, 2.75) is 12.8 Å². The fraction of sp³-hybridized carbons (Fsp3) is 0.222. The molecule has 0 fully saturated rings. The average Bonchev–Trinajstić information content (AvgIpc) is 2.45. The van der Waals surface area contributed by atoms with Crippen molar-refractivity contribution in [1.82, 2.24) is 0 Å². The highest BCUT2D eigenvalue weighted by atomic mass is 79.9. The van der Waals surface area contributed by atoms with E-state index in [-0.39, 0.29) is 0 Å². The summed E-state index contributed by atoms with van der Waals surface area (Å²) in [6.07, 6.45) is 4.45. The summed E-state index contributed by atoms with van der Waals surface area (Å²) in [5.74, 6) is 0. The van der Waals surface area contributed by atoms with Gasteiger partial charge in [-0.3, -0.25) is 0 Å². The molecule has 0 nitrogen and oxygen atoms in total. The topological polar surface area (TPSA) is 0 Å². The Balaban J connectivity index is 2.62. The van der Waals surface area contributed by atoms with E-state index in [0.717, 1.165) is 22.3 Å². The molecule has 0 heterocycles. The minimum Gasteiger partial charge on any atom is -0.0828 e. The van der Waals surface area contributed by atoms with Crippen LogP contribution in [0.1, 0.15) is 17.5 Å². The predicted molar refractivity (Wildman–Crippen MR) is 50.9 cm³/mol. The second-order valence-corrected chi connectivity index (χ2v) is 3.90. The molecule has 1 aliphatic rings. The van der Waals surface area contributed by atoms with Crippen molar-refractivity contribution in [3.05, 3.63) is 39.2 Å². The lowest BCUT2D eigenvalue weighted by Gasteiger charge is -2.02. The van der Waals surface area contributed by atoms with Gasteiger partial charge in [0, 0.05) is 4.47 Å². The molecule has 1 aromatic carbocycles. The van der Waals surface area contributed by atoms with Crippen LogP contribution in [0.2, 0.25) is 5.02 Å². The summed E-state index contributed by atoms with van der Waals surface area (Å²) in [6, 6.07) is 4.11. The summed E-state index contributed by atoms with van der Waals surface area (Å²) in [5, 5.41) is 0.885. The normalized spacial score (nSPS) is 15.1. The highest BCUT2D eigenvalue weighted by Crippen LogP contribution is 2.34. The van der Waals surface area contributed by atoms with E-state index in [1.807, 2.05) is 6.07 Å². The molecule has 0 bridgehead atoms. The monoisotopic (exact) mass is 229 g/mol. The van der Waals surface area contributed by atoms with Crippen LogP contribution < -0.4 is 0 Å². The molecule has 0 unspecified atom stereocenters. The zero-order valence-corrected chi connectivity index (χ0v) is 8.24. The van der Waals surface area contributed by atoms with Crippen LogP contribution in [0.4, 0.5) is 0 Å². The van der Waals surface area contributed by atoms with E-state index >= 15 is 0 Å². The zero-order chi connectivity index (χ0) is 7.84. The highest BCUT2D eigenvalue weighted by Gasteiger charge is 2.15. The Kier molecular flexibility index (Phi) is 1.94. The van der Waals surface area contributed by atoms with Crippen molar-refractivity contribution in [2.75, 3.05) is 0 Å². The molecule has 0 aromatic heterocycles. The lowest BCUT2D eigenvalue weighted by atomic mass is 10.1. The van der Waals surface area contributed by atoms with Crippen molar-refractivity contribution in [3.63, 3.8) is 0 Å². The second kappa shape index (κ2) is 2.80. The maximum Gasteiger partial charge on any atom is 0.0582 e. The SMILES string of the molecule is Clc1c(Br)ccc2c1CC[CH]2. The minimum atomic E-state index is 0.885. The Morgan fingerprint density at radius 2 is 2.18 bits per heavy atom. The Hall–Kier alpha value is -0.0100. The molecule has 0 atom stereocenters. The van der Waals surface area contributed by atoms with Gasteiger partial charge in [0.2, 0.25) is 0 Å². The van der Waals surface area contributed by atoms with Crippen LogP contribution in [0, 0.1) is 6.42 Å². The third-order valence-corrected chi connectivity index (χ3v) is 3.31. The van der Waals surface area contributed by atoms with Gasteiger partial charge >= 0.3 is 0 Å². The summed E-state index contributed by atoms with van der Waals surface area (Å²) in [6.45, 7) is 0. The first kappa shape index (κ1) is 7.63. The van der Waals surface area contributed by atoms with Gasteiger partial charge in [0.1, 0.15) is 0 Å². The van der Waals surface area contributed by atoms with E-state index in [9.17, 15) is 0 Å². The Morgan fingerprint density at radius 1 is 1.36 bits per heavy atom. The molecule has 1 aromatic rings. The van der Waals surface area contributed by atoms with Gasteiger partial charge in [-0.05, 0) is 52.4 Å². The number of benzene rings is 1. The molecule has 1 aliphatic carbocycles. The third-order valence-electron chi connectivity index (χ3n) is 1.99. The molecule has 2 rings (SSSR count). The first-order valence-corrected chi connectivity index (χ1v) is 4.76. The lowest BCUT2D eigenvalue weighted by Crippen LogP contribution is -1.83. The largest absolute Gasteiger partial charge is 0.0828 e. The molecule has 1 radical (unpaired) electrons. The van der Waals surface area contributed by atoms with Crippen molar-refractivity contribution >= 4 is 27.5 Å². The summed E-state index contributed by atoms with van der Waals surface area (Å²) in [5.41, 5.74) is 2.60. The van der Waals surface area contributed by atoms with E-state index in [2.05, 4.69) is 28.4 Å². The predicted octanol–water partition coefficient (Wildman–Crippen LogP) is 3.60. The number of hydrogen-bond acceptors (Lipinski definition) is 0. The van der Waals surface area contributed by atoms with Crippen LogP contribution in [0.25, 0.3) is 0 Å². The van der Waals surface area contributed by atoms with Crippen molar-refractivity contribution in [2.24, 2.45) is 0 Å². The first-order valence-electron chi connectivity index (χ1n) is 3.59. The molecular weight excluding hydrogens is 223 g/mol. The second-order valence-electron chi connectivity index (χ2n) is 2.67. The smallest absolute Gasteiger partial charge is 0.0582 e. The molecule has 0 spiro atoms. The summed E-state index contributed by atoms with van der Waals surface area (Å²) in [7, 11) is 0. The molecule has 0 N–H and O–H groups in total. The van der Waals surface area contributed by atoms with Gasteiger partial charge < -0.3 is 0 Å². The fourth-order valence-electron chi connectivity index (χ4n) is 1.42. The van der Waals surface area contributed by atoms with E-state index in [0.29, 0.717) is 0 Å². The van der Waals surface area contributed by atoms with Gasteiger partial charge in [0.15, 0.2) is 0 Å². The maximum absolute atomic E-state index is 6.07. The van der Waals surface area contributed by atoms with Gasteiger partial charge in [-0.15, -0.1) is 0 Å². The Morgan fingerprint density at radius 3 is 3.00 bits per heavy atom. The average molecular weight is 231 g/mol. The van der Waals surface area contributed by atoms with E-state index < -0.39 is 0 Å². The van der Waals surface area contributed by atoms with Crippen LogP contribution in [-0.2, 0) is 6.42 Å². The molecule has 0 saturated carbocycles. The molecule has 2 heteroatoms. The van der Waals surface area contributed by atoms with Gasteiger partial charge in [-0.25, -0.2) is 0 Å². The maximum atomic E-state index is 6.07. The zero-order valence-electron chi connectivity index (χ0n) is 5.90. The van der Waals surface area contributed by atoms with Gasteiger partial charge in [-0.1, -0.05) is 17.7 Å². The van der Waals surface area contributed by atoms with Gasteiger partial charge in [0.25, 0.3) is 0 Å². The first-order chi connectivity index (χ1) is 5.29. The van der Waals surface area contributed by atoms with Crippen molar-refractivity contribution < 1.29 is 0 Å². The van der Waals surface area contributed by atoms with Crippen LogP contribution >= 0.6 is 27.5 Å². The van der Waals surface area contributed by atoms with Gasteiger partial charge in [0.05, 0.1) is 5.02 Å².